The SMILES string of the molecule is CCNC(CCCS(C)(=O)=O)c1ccc(C)cc1OC. The Morgan fingerprint density at radius 1 is 1.35 bits per heavy atom. The van der Waals surface area contributed by atoms with E-state index in [0.29, 0.717) is 6.42 Å². The summed E-state index contributed by atoms with van der Waals surface area (Å²) in [4.78, 5) is 0. The lowest BCUT2D eigenvalue weighted by Gasteiger charge is -2.21. The summed E-state index contributed by atoms with van der Waals surface area (Å²) in [7, 11) is -1.23. The fraction of sp³-hybridized carbons (Fsp3) is 0.600. The number of hydrogen-bond donors (Lipinski definition) is 1. The van der Waals surface area contributed by atoms with Crippen LogP contribution >= 0.6 is 0 Å². The highest BCUT2D eigenvalue weighted by Gasteiger charge is 2.16. The van der Waals surface area contributed by atoms with Crippen molar-refractivity contribution in [3.63, 3.8) is 0 Å². The van der Waals surface area contributed by atoms with E-state index in [1.807, 2.05) is 19.9 Å². The van der Waals surface area contributed by atoms with Crippen molar-refractivity contribution < 1.29 is 13.2 Å². The van der Waals surface area contributed by atoms with Crippen LogP contribution in [0.15, 0.2) is 18.2 Å². The molecule has 0 saturated carbocycles. The van der Waals surface area contributed by atoms with Crippen molar-refractivity contribution in [1.29, 1.82) is 0 Å². The molecule has 4 nitrogen and oxygen atoms in total. The van der Waals surface area contributed by atoms with Crippen LogP contribution < -0.4 is 10.1 Å². The van der Waals surface area contributed by atoms with E-state index in [1.165, 1.54) is 6.26 Å². The zero-order chi connectivity index (χ0) is 15.2. The van der Waals surface area contributed by atoms with Gasteiger partial charge in [-0.1, -0.05) is 19.1 Å². The lowest BCUT2D eigenvalue weighted by atomic mass is 10.00. The summed E-state index contributed by atoms with van der Waals surface area (Å²) >= 11 is 0. The van der Waals surface area contributed by atoms with E-state index in [4.69, 9.17) is 4.74 Å². The Balaban J connectivity index is 2.84. The summed E-state index contributed by atoms with van der Waals surface area (Å²) in [5, 5.41) is 3.40. The Kier molecular flexibility index (Phi) is 6.49. The van der Waals surface area contributed by atoms with Crippen molar-refractivity contribution in [2.24, 2.45) is 0 Å². The largest absolute Gasteiger partial charge is 0.496 e. The minimum atomic E-state index is -2.90. The monoisotopic (exact) mass is 299 g/mol. The molecule has 1 aromatic carbocycles. The number of ether oxygens (including phenoxy) is 1. The Bertz CT molecular complexity index is 526. The van der Waals surface area contributed by atoms with Crippen molar-refractivity contribution in [3.05, 3.63) is 29.3 Å². The first-order valence-electron chi connectivity index (χ1n) is 6.93. The Morgan fingerprint density at radius 2 is 2.05 bits per heavy atom. The van der Waals surface area contributed by atoms with Gasteiger partial charge in [0, 0.05) is 23.6 Å². The molecule has 114 valence electrons. The van der Waals surface area contributed by atoms with Gasteiger partial charge in [-0.2, -0.15) is 0 Å². The topological polar surface area (TPSA) is 55.4 Å². The standard InChI is InChI=1S/C15H25NO3S/c1-5-16-14(7-6-10-20(4,17)18)13-9-8-12(2)11-15(13)19-3/h8-9,11,14,16H,5-7,10H2,1-4H3. The molecule has 1 aromatic rings. The van der Waals surface area contributed by atoms with Gasteiger partial charge in [0.2, 0.25) is 0 Å². The summed E-state index contributed by atoms with van der Waals surface area (Å²) in [5.41, 5.74) is 2.24. The highest BCUT2D eigenvalue weighted by atomic mass is 32.2. The molecule has 0 heterocycles. The summed E-state index contributed by atoms with van der Waals surface area (Å²) < 4.78 is 27.9. The molecule has 0 amide bonds. The number of rotatable bonds is 8. The second-order valence-corrected chi connectivity index (χ2v) is 7.39. The van der Waals surface area contributed by atoms with E-state index >= 15 is 0 Å². The molecule has 0 aliphatic rings. The maximum atomic E-state index is 11.2. The van der Waals surface area contributed by atoms with E-state index in [0.717, 1.165) is 29.8 Å². The summed E-state index contributed by atoms with van der Waals surface area (Å²) in [6.07, 6.45) is 2.70. The number of aryl methyl sites for hydroxylation is 1. The van der Waals surface area contributed by atoms with Crippen LogP contribution in [0.5, 0.6) is 5.75 Å². The normalized spacial score (nSPS) is 13.2. The first-order valence-corrected chi connectivity index (χ1v) is 8.99. The lowest BCUT2D eigenvalue weighted by molar-refractivity contribution is 0.395. The van der Waals surface area contributed by atoms with Crippen LogP contribution in [0.1, 0.15) is 36.9 Å². The molecule has 0 aliphatic carbocycles. The summed E-state index contributed by atoms with van der Waals surface area (Å²) in [5.74, 6) is 1.08. The highest BCUT2D eigenvalue weighted by Crippen LogP contribution is 2.29. The molecule has 0 bridgehead atoms. The smallest absolute Gasteiger partial charge is 0.147 e. The van der Waals surface area contributed by atoms with Gasteiger partial charge in [0.05, 0.1) is 7.11 Å². The number of hydrogen-bond acceptors (Lipinski definition) is 4. The fourth-order valence-electron chi connectivity index (χ4n) is 2.27. The number of nitrogens with one attached hydrogen (secondary N) is 1. The van der Waals surface area contributed by atoms with E-state index in [2.05, 4.69) is 17.4 Å². The lowest BCUT2D eigenvalue weighted by Crippen LogP contribution is -2.22. The zero-order valence-electron chi connectivity index (χ0n) is 12.8. The molecule has 0 saturated heterocycles. The molecule has 1 atom stereocenters. The maximum Gasteiger partial charge on any atom is 0.147 e. The van der Waals surface area contributed by atoms with Crippen LogP contribution in [0.4, 0.5) is 0 Å². The van der Waals surface area contributed by atoms with Crippen molar-refractivity contribution >= 4 is 9.84 Å². The van der Waals surface area contributed by atoms with Crippen LogP contribution in [0.3, 0.4) is 0 Å². The minimum Gasteiger partial charge on any atom is -0.496 e. The molecular weight excluding hydrogens is 274 g/mol. The maximum absolute atomic E-state index is 11.2. The molecule has 0 spiro atoms. The van der Waals surface area contributed by atoms with E-state index in [1.54, 1.807) is 7.11 Å². The summed E-state index contributed by atoms with van der Waals surface area (Å²) in [6.45, 7) is 4.91. The van der Waals surface area contributed by atoms with Crippen LogP contribution in [0, 0.1) is 6.92 Å². The Hall–Kier alpha value is -1.07. The molecule has 0 radical (unpaired) electrons. The van der Waals surface area contributed by atoms with Gasteiger partial charge in [-0.05, 0) is 37.9 Å². The molecule has 5 heteroatoms. The molecule has 0 fully saturated rings. The van der Waals surface area contributed by atoms with Crippen LogP contribution in [0.25, 0.3) is 0 Å². The molecule has 0 aliphatic heterocycles. The third-order valence-electron chi connectivity index (χ3n) is 3.22. The first kappa shape index (κ1) is 17.0. The van der Waals surface area contributed by atoms with Gasteiger partial charge in [0.25, 0.3) is 0 Å². The third kappa shape index (κ3) is 5.51. The van der Waals surface area contributed by atoms with Gasteiger partial charge in [-0.25, -0.2) is 8.42 Å². The third-order valence-corrected chi connectivity index (χ3v) is 4.25. The molecule has 1 unspecified atom stereocenters. The van der Waals surface area contributed by atoms with Crippen molar-refractivity contribution in [2.45, 2.75) is 32.7 Å². The Morgan fingerprint density at radius 3 is 2.60 bits per heavy atom. The van der Waals surface area contributed by atoms with Crippen LogP contribution in [-0.2, 0) is 9.84 Å². The highest BCUT2D eigenvalue weighted by molar-refractivity contribution is 7.90. The van der Waals surface area contributed by atoms with Crippen molar-refractivity contribution in [2.75, 3.05) is 25.7 Å². The molecule has 20 heavy (non-hydrogen) atoms. The minimum absolute atomic E-state index is 0.122. The van der Waals surface area contributed by atoms with E-state index < -0.39 is 9.84 Å². The summed E-state index contributed by atoms with van der Waals surface area (Å²) in [6, 6.07) is 6.24. The quantitative estimate of drug-likeness (QED) is 0.801. The second kappa shape index (κ2) is 7.64. The second-order valence-electron chi connectivity index (χ2n) is 5.13. The van der Waals surface area contributed by atoms with Crippen molar-refractivity contribution in [1.82, 2.24) is 5.32 Å². The predicted octanol–water partition coefficient (Wildman–Crippen LogP) is 2.48. The van der Waals surface area contributed by atoms with Gasteiger partial charge in [0.15, 0.2) is 0 Å². The molecule has 1 rings (SSSR count). The molecule has 1 N–H and O–H groups in total. The van der Waals surface area contributed by atoms with Gasteiger partial charge >= 0.3 is 0 Å². The average Bonchev–Trinajstić information content (AvgIpc) is 2.36. The van der Waals surface area contributed by atoms with Gasteiger partial charge in [0.1, 0.15) is 15.6 Å². The van der Waals surface area contributed by atoms with Gasteiger partial charge < -0.3 is 10.1 Å². The average molecular weight is 299 g/mol. The van der Waals surface area contributed by atoms with Crippen LogP contribution in [0.2, 0.25) is 0 Å². The number of benzene rings is 1. The van der Waals surface area contributed by atoms with Gasteiger partial charge in [-0.15, -0.1) is 0 Å². The molecule has 0 aromatic heterocycles. The first-order chi connectivity index (χ1) is 9.37. The van der Waals surface area contributed by atoms with Crippen LogP contribution in [-0.4, -0.2) is 34.1 Å². The molecular formula is C15H25NO3S. The van der Waals surface area contributed by atoms with E-state index in [9.17, 15) is 8.42 Å². The Labute approximate surface area is 122 Å². The fourth-order valence-corrected chi connectivity index (χ4v) is 2.96. The van der Waals surface area contributed by atoms with E-state index in [-0.39, 0.29) is 11.8 Å². The zero-order valence-corrected chi connectivity index (χ0v) is 13.6. The van der Waals surface area contributed by atoms with Gasteiger partial charge in [-0.3, -0.25) is 0 Å². The predicted molar refractivity (Wildman–Crippen MR) is 83.1 cm³/mol. The van der Waals surface area contributed by atoms with Crippen molar-refractivity contribution in [3.8, 4) is 5.75 Å². The number of methoxy groups -OCH3 is 1. The number of sulfone groups is 1.